The van der Waals surface area contributed by atoms with E-state index in [1.807, 2.05) is 0 Å². The number of aliphatic carboxylic acids is 1. The minimum atomic E-state index is -0.898. The van der Waals surface area contributed by atoms with Gasteiger partial charge < -0.3 is 10.0 Å². The molecule has 1 aliphatic rings. The second-order valence-electron chi connectivity index (χ2n) is 5.05. The lowest BCUT2D eigenvalue weighted by Gasteiger charge is -2.25. The Bertz CT molecular complexity index is 545. The van der Waals surface area contributed by atoms with Crippen LogP contribution in [-0.2, 0) is 4.79 Å². The van der Waals surface area contributed by atoms with Gasteiger partial charge in [0.15, 0.2) is 0 Å². The molecule has 1 N–H and O–H groups in total. The number of hydrogen-bond acceptors (Lipinski definition) is 2. The highest BCUT2D eigenvalue weighted by molar-refractivity contribution is 9.10. The monoisotopic (exact) mass is 359 g/mol. The number of carboxylic acid groups (broad SMARTS) is 1. The number of benzene rings is 1. The molecule has 4 nitrogen and oxygen atoms in total. The first-order valence-electron chi connectivity index (χ1n) is 6.39. The van der Waals surface area contributed by atoms with Gasteiger partial charge in [0.25, 0.3) is 5.91 Å². The molecule has 1 saturated carbocycles. The number of halogens is 2. The van der Waals surface area contributed by atoms with Gasteiger partial charge in [0.1, 0.15) is 0 Å². The summed E-state index contributed by atoms with van der Waals surface area (Å²) < 4.78 is 0.802. The Morgan fingerprint density at radius 2 is 2.15 bits per heavy atom. The molecule has 2 rings (SSSR count). The number of carbonyl (C=O) groups is 2. The van der Waals surface area contributed by atoms with Crippen LogP contribution in [0, 0.1) is 5.92 Å². The molecular formula is C14H15BrClNO3. The Morgan fingerprint density at radius 3 is 2.65 bits per heavy atom. The molecule has 1 unspecified atom stereocenters. The van der Waals surface area contributed by atoms with Crippen molar-refractivity contribution in [2.75, 3.05) is 6.54 Å². The average molecular weight is 361 g/mol. The fraction of sp³-hybridized carbons (Fsp3) is 0.429. The molecule has 0 radical (unpaired) electrons. The van der Waals surface area contributed by atoms with Crippen LogP contribution >= 0.6 is 27.5 Å². The maximum Gasteiger partial charge on any atom is 0.308 e. The van der Waals surface area contributed by atoms with E-state index in [0.29, 0.717) is 10.6 Å². The third-order valence-electron chi connectivity index (χ3n) is 3.30. The van der Waals surface area contributed by atoms with E-state index in [-0.39, 0.29) is 18.5 Å². The quantitative estimate of drug-likeness (QED) is 0.875. The van der Waals surface area contributed by atoms with Crippen molar-refractivity contribution in [3.05, 3.63) is 33.3 Å². The molecule has 0 aromatic heterocycles. The number of amides is 1. The topological polar surface area (TPSA) is 57.6 Å². The fourth-order valence-electron chi connectivity index (χ4n) is 1.97. The predicted molar refractivity (Wildman–Crippen MR) is 80.0 cm³/mol. The number of nitrogens with zero attached hydrogens (tertiary/aromatic N) is 1. The van der Waals surface area contributed by atoms with Gasteiger partial charge >= 0.3 is 5.97 Å². The molecule has 0 saturated heterocycles. The van der Waals surface area contributed by atoms with E-state index in [1.54, 1.807) is 30.0 Å². The lowest BCUT2D eigenvalue weighted by molar-refractivity contribution is -0.141. The van der Waals surface area contributed by atoms with Crippen molar-refractivity contribution in [2.24, 2.45) is 5.92 Å². The molecule has 20 heavy (non-hydrogen) atoms. The minimum Gasteiger partial charge on any atom is -0.481 e. The standard InChI is InChI=1S/C14H15BrClNO3/c1-8(14(19)20)7-17(10-3-4-10)13(18)11-5-2-9(15)6-12(11)16/h2,5-6,8,10H,3-4,7H2,1H3,(H,19,20). The highest BCUT2D eigenvalue weighted by Gasteiger charge is 2.35. The van der Waals surface area contributed by atoms with Crippen LogP contribution in [0.2, 0.25) is 5.02 Å². The molecule has 1 aromatic carbocycles. The molecule has 1 amide bonds. The van der Waals surface area contributed by atoms with Crippen molar-refractivity contribution < 1.29 is 14.7 Å². The lowest BCUT2D eigenvalue weighted by atomic mass is 10.1. The number of carbonyl (C=O) groups excluding carboxylic acids is 1. The first-order chi connectivity index (χ1) is 9.40. The van der Waals surface area contributed by atoms with Crippen LogP contribution in [0.4, 0.5) is 0 Å². The molecule has 1 aromatic rings. The largest absolute Gasteiger partial charge is 0.481 e. The lowest BCUT2D eigenvalue weighted by Crippen LogP contribution is -2.38. The third kappa shape index (κ3) is 3.52. The van der Waals surface area contributed by atoms with Gasteiger partial charge in [-0.1, -0.05) is 34.5 Å². The summed E-state index contributed by atoms with van der Waals surface area (Å²) >= 11 is 9.39. The Hall–Kier alpha value is -1.07. The molecule has 0 aliphatic heterocycles. The van der Waals surface area contributed by atoms with Crippen molar-refractivity contribution in [1.82, 2.24) is 4.90 Å². The van der Waals surface area contributed by atoms with Crippen LogP contribution in [0.3, 0.4) is 0 Å². The van der Waals surface area contributed by atoms with Crippen LogP contribution in [-0.4, -0.2) is 34.5 Å². The number of carboxylic acids is 1. The SMILES string of the molecule is CC(CN(C(=O)c1ccc(Br)cc1Cl)C1CC1)C(=O)O. The second kappa shape index (κ2) is 6.14. The van der Waals surface area contributed by atoms with E-state index in [0.717, 1.165) is 17.3 Å². The Morgan fingerprint density at radius 1 is 1.50 bits per heavy atom. The van der Waals surface area contributed by atoms with Crippen molar-refractivity contribution in [3.63, 3.8) is 0 Å². The zero-order valence-electron chi connectivity index (χ0n) is 11.0. The van der Waals surface area contributed by atoms with E-state index < -0.39 is 11.9 Å². The summed E-state index contributed by atoms with van der Waals surface area (Å²) in [5.41, 5.74) is 0.416. The van der Waals surface area contributed by atoms with E-state index in [9.17, 15) is 9.59 Å². The summed E-state index contributed by atoms with van der Waals surface area (Å²) in [7, 11) is 0. The smallest absolute Gasteiger partial charge is 0.308 e. The highest BCUT2D eigenvalue weighted by atomic mass is 79.9. The van der Waals surface area contributed by atoms with E-state index in [4.69, 9.17) is 16.7 Å². The van der Waals surface area contributed by atoms with Crippen LogP contribution in [0.1, 0.15) is 30.1 Å². The Labute approximate surface area is 130 Å². The fourth-order valence-corrected chi connectivity index (χ4v) is 2.73. The highest BCUT2D eigenvalue weighted by Crippen LogP contribution is 2.31. The van der Waals surface area contributed by atoms with Crippen LogP contribution in [0.25, 0.3) is 0 Å². The van der Waals surface area contributed by atoms with E-state index in [2.05, 4.69) is 15.9 Å². The zero-order chi connectivity index (χ0) is 14.9. The van der Waals surface area contributed by atoms with Crippen LogP contribution in [0.15, 0.2) is 22.7 Å². The van der Waals surface area contributed by atoms with Crippen molar-refractivity contribution in [3.8, 4) is 0 Å². The van der Waals surface area contributed by atoms with Gasteiger partial charge in [0, 0.05) is 17.1 Å². The third-order valence-corrected chi connectivity index (χ3v) is 4.11. The number of hydrogen-bond donors (Lipinski definition) is 1. The summed E-state index contributed by atoms with van der Waals surface area (Å²) in [6, 6.07) is 5.23. The summed E-state index contributed by atoms with van der Waals surface area (Å²) in [5, 5.41) is 9.38. The first kappa shape index (κ1) is 15.3. The maximum atomic E-state index is 12.5. The van der Waals surface area contributed by atoms with Crippen molar-refractivity contribution in [1.29, 1.82) is 0 Å². The molecule has 6 heteroatoms. The van der Waals surface area contributed by atoms with E-state index >= 15 is 0 Å². The molecular weight excluding hydrogens is 346 g/mol. The Balaban J connectivity index is 2.20. The molecule has 0 heterocycles. The van der Waals surface area contributed by atoms with Gasteiger partial charge in [-0.15, -0.1) is 0 Å². The number of rotatable bonds is 5. The van der Waals surface area contributed by atoms with Gasteiger partial charge in [-0.25, -0.2) is 0 Å². The normalized spacial score (nSPS) is 15.8. The summed E-state index contributed by atoms with van der Waals surface area (Å²) in [4.78, 5) is 25.2. The van der Waals surface area contributed by atoms with Gasteiger partial charge in [-0.2, -0.15) is 0 Å². The van der Waals surface area contributed by atoms with Gasteiger partial charge in [-0.3, -0.25) is 9.59 Å². The zero-order valence-corrected chi connectivity index (χ0v) is 13.3. The molecule has 0 bridgehead atoms. The first-order valence-corrected chi connectivity index (χ1v) is 7.56. The predicted octanol–water partition coefficient (Wildman–Crippen LogP) is 3.43. The molecule has 1 atom stereocenters. The second-order valence-corrected chi connectivity index (χ2v) is 6.38. The summed E-state index contributed by atoms with van der Waals surface area (Å²) in [6.45, 7) is 1.82. The average Bonchev–Trinajstić information content (AvgIpc) is 3.19. The van der Waals surface area contributed by atoms with Crippen LogP contribution < -0.4 is 0 Å². The van der Waals surface area contributed by atoms with Crippen molar-refractivity contribution >= 4 is 39.4 Å². The van der Waals surface area contributed by atoms with Gasteiger partial charge in [0.05, 0.1) is 16.5 Å². The maximum absolute atomic E-state index is 12.5. The molecule has 1 aliphatic carbocycles. The molecule has 1 fully saturated rings. The van der Waals surface area contributed by atoms with Crippen LogP contribution in [0.5, 0.6) is 0 Å². The minimum absolute atomic E-state index is 0.143. The molecule has 0 spiro atoms. The van der Waals surface area contributed by atoms with Gasteiger partial charge in [-0.05, 0) is 31.0 Å². The Kier molecular flexibility index (Phi) is 4.70. The van der Waals surface area contributed by atoms with E-state index in [1.165, 1.54) is 0 Å². The van der Waals surface area contributed by atoms with Gasteiger partial charge in [0.2, 0.25) is 0 Å². The summed E-state index contributed by atoms with van der Waals surface area (Å²) in [6.07, 6.45) is 1.85. The molecule has 108 valence electrons. The summed E-state index contributed by atoms with van der Waals surface area (Å²) in [5.74, 6) is -1.68. The van der Waals surface area contributed by atoms with Crippen molar-refractivity contribution in [2.45, 2.75) is 25.8 Å².